The molecule has 122 valence electrons. The summed E-state index contributed by atoms with van der Waals surface area (Å²) in [5, 5.41) is 3.35. The number of piperidine rings is 1. The van der Waals surface area contributed by atoms with Gasteiger partial charge in [-0.05, 0) is 50.6 Å². The van der Waals surface area contributed by atoms with Crippen LogP contribution in [-0.2, 0) is 0 Å². The first-order valence-electron chi connectivity index (χ1n) is 7.71. The van der Waals surface area contributed by atoms with Crippen LogP contribution in [0.5, 0.6) is 11.5 Å². The van der Waals surface area contributed by atoms with Crippen molar-refractivity contribution < 1.29 is 14.3 Å². The van der Waals surface area contributed by atoms with E-state index < -0.39 is 0 Å². The average molecular weight is 327 g/mol. The van der Waals surface area contributed by atoms with Gasteiger partial charge < -0.3 is 19.7 Å². The Morgan fingerprint density at radius 1 is 1.27 bits per heavy atom. The van der Waals surface area contributed by atoms with Crippen LogP contribution in [-0.4, -0.2) is 43.3 Å². The zero-order valence-corrected chi connectivity index (χ0v) is 13.7. The van der Waals surface area contributed by atoms with Gasteiger partial charge in [0.2, 0.25) is 6.79 Å². The van der Waals surface area contributed by atoms with Gasteiger partial charge in [-0.1, -0.05) is 6.92 Å². The fourth-order valence-electron chi connectivity index (χ4n) is 3.00. The molecule has 0 atom stereocenters. The lowest BCUT2D eigenvalue weighted by molar-refractivity contribution is 0.0642. The van der Waals surface area contributed by atoms with E-state index in [1.807, 2.05) is 17.0 Å². The van der Waals surface area contributed by atoms with Gasteiger partial charge in [0.25, 0.3) is 5.91 Å². The molecule has 5 nitrogen and oxygen atoms in total. The molecule has 0 radical (unpaired) electrons. The number of carbonyl (C=O) groups excluding carboxylic acids is 1. The molecule has 6 heteroatoms. The van der Waals surface area contributed by atoms with E-state index >= 15 is 0 Å². The Labute approximate surface area is 137 Å². The van der Waals surface area contributed by atoms with Crippen molar-refractivity contribution in [3.63, 3.8) is 0 Å². The highest BCUT2D eigenvalue weighted by molar-refractivity contribution is 5.95. The number of nitrogens with zero attached hydrogens (tertiary/aromatic N) is 1. The summed E-state index contributed by atoms with van der Waals surface area (Å²) in [5.74, 6) is 1.49. The van der Waals surface area contributed by atoms with Gasteiger partial charge in [-0.15, -0.1) is 12.4 Å². The van der Waals surface area contributed by atoms with Crippen molar-refractivity contribution >= 4 is 18.3 Å². The van der Waals surface area contributed by atoms with Crippen LogP contribution in [0.2, 0.25) is 0 Å². The van der Waals surface area contributed by atoms with E-state index in [-0.39, 0.29) is 25.1 Å². The summed E-state index contributed by atoms with van der Waals surface area (Å²) in [6.45, 7) is 5.12. The van der Waals surface area contributed by atoms with Gasteiger partial charge >= 0.3 is 0 Å². The number of rotatable bonds is 4. The summed E-state index contributed by atoms with van der Waals surface area (Å²) in [4.78, 5) is 14.9. The van der Waals surface area contributed by atoms with Gasteiger partial charge in [-0.2, -0.15) is 0 Å². The third-order valence-corrected chi connectivity index (χ3v) is 4.09. The molecule has 1 amide bonds. The van der Waals surface area contributed by atoms with Crippen LogP contribution in [0.3, 0.4) is 0 Å². The molecule has 2 aliphatic heterocycles. The zero-order valence-electron chi connectivity index (χ0n) is 12.8. The number of benzene rings is 1. The number of hydrogen-bond acceptors (Lipinski definition) is 4. The molecule has 0 spiro atoms. The zero-order chi connectivity index (χ0) is 14.7. The van der Waals surface area contributed by atoms with Gasteiger partial charge in [0.1, 0.15) is 0 Å². The molecule has 2 aliphatic rings. The predicted octanol–water partition coefficient (Wildman–Crippen LogP) is 2.44. The maximum atomic E-state index is 12.8. The minimum Gasteiger partial charge on any atom is -0.454 e. The Morgan fingerprint density at radius 3 is 2.73 bits per heavy atom. The minimum absolute atomic E-state index is 0. The standard InChI is InChI=1S/C16H22N2O3.ClH/c1-2-9-18(13-5-7-17-8-6-13)16(19)12-3-4-14-15(10-12)21-11-20-14;/h3-4,10,13,17H,2,5-9,11H2,1H3;1H. The lowest BCUT2D eigenvalue weighted by Crippen LogP contribution is -2.46. The number of nitrogens with one attached hydrogen (secondary N) is 1. The molecule has 2 heterocycles. The number of ether oxygens (including phenoxy) is 2. The summed E-state index contributed by atoms with van der Waals surface area (Å²) < 4.78 is 10.7. The number of amides is 1. The van der Waals surface area contributed by atoms with E-state index in [2.05, 4.69) is 12.2 Å². The van der Waals surface area contributed by atoms with Crippen molar-refractivity contribution in [3.8, 4) is 11.5 Å². The second-order valence-corrected chi connectivity index (χ2v) is 5.55. The fraction of sp³-hybridized carbons (Fsp3) is 0.562. The number of hydrogen-bond donors (Lipinski definition) is 1. The van der Waals surface area contributed by atoms with Crippen LogP contribution in [0.1, 0.15) is 36.5 Å². The van der Waals surface area contributed by atoms with Gasteiger partial charge in [-0.25, -0.2) is 0 Å². The molecule has 1 aromatic rings. The number of halogens is 1. The Kier molecular flexibility index (Phi) is 5.91. The van der Waals surface area contributed by atoms with Crippen LogP contribution < -0.4 is 14.8 Å². The first-order valence-corrected chi connectivity index (χ1v) is 7.71. The highest BCUT2D eigenvalue weighted by Crippen LogP contribution is 2.33. The summed E-state index contributed by atoms with van der Waals surface area (Å²) in [6, 6.07) is 5.79. The smallest absolute Gasteiger partial charge is 0.254 e. The second-order valence-electron chi connectivity index (χ2n) is 5.55. The van der Waals surface area contributed by atoms with E-state index in [1.54, 1.807) is 6.07 Å². The average Bonchev–Trinajstić information content (AvgIpc) is 3.00. The van der Waals surface area contributed by atoms with Crippen molar-refractivity contribution in [2.24, 2.45) is 0 Å². The number of fused-ring (bicyclic) bond motifs is 1. The minimum atomic E-state index is 0. The normalized spacial score (nSPS) is 17.0. The lowest BCUT2D eigenvalue weighted by atomic mass is 10.0. The molecule has 1 fully saturated rings. The monoisotopic (exact) mass is 326 g/mol. The third-order valence-electron chi connectivity index (χ3n) is 4.09. The molecule has 1 aromatic carbocycles. The molecule has 1 N–H and O–H groups in total. The van der Waals surface area contributed by atoms with Crippen LogP contribution in [0.25, 0.3) is 0 Å². The largest absolute Gasteiger partial charge is 0.454 e. The molecular weight excluding hydrogens is 304 g/mol. The summed E-state index contributed by atoms with van der Waals surface area (Å²) in [5.41, 5.74) is 0.686. The summed E-state index contributed by atoms with van der Waals surface area (Å²) in [6.07, 6.45) is 3.02. The molecule has 0 aliphatic carbocycles. The quantitative estimate of drug-likeness (QED) is 0.923. The Balaban J connectivity index is 0.00000176. The molecular formula is C16H23ClN2O3. The molecule has 22 heavy (non-hydrogen) atoms. The molecule has 0 bridgehead atoms. The van der Waals surface area contributed by atoms with Gasteiger partial charge in [0.05, 0.1) is 0 Å². The number of carbonyl (C=O) groups is 1. The topological polar surface area (TPSA) is 50.8 Å². The molecule has 0 saturated carbocycles. The van der Waals surface area contributed by atoms with Crippen molar-refractivity contribution in [1.29, 1.82) is 0 Å². The van der Waals surface area contributed by atoms with Gasteiger partial charge in [-0.3, -0.25) is 4.79 Å². The van der Waals surface area contributed by atoms with E-state index in [4.69, 9.17) is 9.47 Å². The van der Waals surface area contributed by atoms with Crippen LogP contribution in [0.4, 0.5) is 0 Å². The summed E-state index contributed by atoms with van der Waals surface area (Å²) in [7, 11) is 0. The lowest BCUT2D eigenvalue weighted by Gasteiger charge is -2.34. The highest BCUT2D eigenvalue weighted by atomic mass is 35.5. The molecule has 0 aromatic heterocycles. The van der Waals surface area contributed by atoms with E-state index in [9.17, 15) is 4.79 Å². The van der Waals surface area contributed by atoms with E-state index in [1.165, 1.54) is 0 Å². The molecule has 3 rings (SSSR count). The predicted molar refractivity (Wildman–Crippen MR) is 87.0 cm³/mol. The molecule has 1 saturated heterocycles. The fourth-order valence-corrected chi connectivity index (χ4v) is 3.00. The van der Waals surface area contributed by atoms with E-state index in [0.717, 1.165) is 44.6 Å². The van der Waals surface area contributed by atoms with Gasteiger partial charge in [0, 0.05) is 18.2 Å². The van der Waals surface area contributed by atoms with Crippen molar-refractivity contribution in [2.45, 2.75) is 32.2 Å². The SMILES string of the molecule is CCCN(C(=O)c1ccc2c(c1)OCO2)C1CCNCC1.Cl. The van der Waals surface area contributed by atoms with Crippen LogP contribution >= 0.6 is 12.4 Å². The van der Waals surface area contributed by atoms with Crippen LogP contribution in [0.15, 0.2) is 18.2 Å². The maximum absolute atomic E-state index is 12.8. The van der Waals surface area contributed by atoms with Gasteiger partial charge in [0.15, 0.2) is 11.5 Å². The van der Waals surface area contributed by atoms with Crippen LogP contribution in [0, 0.1) is 0 Å². The van der Waals surface area contributed by atoms with E-state index in [0.29, 0.717) is 17.4 Å². The Morgan fingerprint density at radius 2 is 2.00 bits per heavy atom. The van der Waals surface area contributed by atoms with Crippen molar-refractivity contribution in [1.82, 2.24) is 10.2 Å². The summed E-state index contributed by atoms with van der Waals surface area (Å²) >= 11 is 0. The van der Waals surface area contributed by atoms with Crippen molar-refractivity contribution in [3.05, 3.63) is 23.8 Å². The second kappa shape index (κ2) is 7.70. The Bertz CT molecular complexity index is 518. The Hall–Kier alpha value is -1.46. The molecule has 0 unspecified atom stereocenters. The highest BCUT2D eigenvalue weighted by Gasteiger charge is 2.26. The third kappa shape index (κ3) is 3.47. The van der Waals surface area contributed by atoms with Crippen molar-refractivity contribution in [2.75, 3.05) is 26.4 Å². The first kappa shape index (κ1) is 16.9. The maximum Gasteiger partial charge on any atom is 0.254 e. The first-order chi connectivity index (χ1) is 10.3.